The van der Waals surface area contributed by atoms with Gasteiger partial charge in [-0.25, -0.2) is 4.79 Å². The fourth-order valence-electron chi connectivity index (χ4n) is 2.15. The van der Waals surface area contributed by atoms with Crippen LogP contribution in [0.4, 0.5) is 4.79 Å². The molecular formula is C13H28N4O. The largest absolute Gasteiger partial charge is 0.336 e. The Morgan fingerprint density at radius 1 is 1.11 bits per heavy atom. The predicted octanol–water partition coefficient (Wildman–Crippen LogP) is 0.901. The highest BCUT2D eigenvalue weighted by Gasteiger charge is 2.17. The summed E-state index contributed by atoms with van der Waals surface area (Å²) < 4.78 is 0. The molecule has 1 rings (SSSR count). The van der Waals surface area contributed by atoms with Crippen molar-refractivity contribution in [3.63, 3.8) is 0 Å². The van der Waals surface area contributed by atoms with E-state index in [0.717, 1.165) is 52.1 Å². The zero-order valence-electron chi connectivity index (χ0n) is 11.4. The summed E-state index contributed by atoms with van der Waals surface area (Å²) in [6.45, 7) is 5.59. The minimum Gasteiger partial charge on any atom is -0.336 e. The van der Waals surface area contributed by atoms with Gasteiger partial charge in [0.05, 0.1) is 0 Å². The third kappa shape index (κ3) is 6.81. The first kappa shape index (κ1) is 15.2. The minimum atomic E-state index is 0.105. The fraction of sp³-hybridized carbons (Fsp3) is 0.923. The molecule has 5 nitrogen and oxygen atoms in total. The number of hydrogen-bond donors (Lipinski definition) is 3. The Morgan fingerprint density at radius 3 is 2.44 bits per heavy atom. The monoisotopic (exact) mass is 256 g/mol. The number of urea groups is 1. The van der Waals surface area contributed by atoms with Crippen LogP contribution in [0.15, 0.2) is 0 Å². The summed E-state index contributed by atoms with van der Waals surface area (Å²) in [6.07, 6.45) is 7.10. The van der Waals surface area contributed by atoms with Crippen molar-refractivity contribution in [2.75, 3.05) is 39.3 Å². The number of rotatable bonds is 11. The van der Waals surface area contributed by atoms with Gasteiger partial charge in [-0.05, 0) is 45.3 Å². The van der Waals surface area contributed by atoms with Gasteiger partial charge in [0.25, 0.3) is 0 Å². The highest BCUT2D eigenvalue weighted by molar-refractivity contribution is 5.76. The summed E-state index contributed by atoms with van der Waals surface area (Å²) in [4.78, 5) is 13.2. The number of hydrogen-bond acceptors (Lipinski definition) is 3. The molecule has 1 aliphatic rings. The first-order valence-corrected chi connectivity index (χ1v) is 7.28. The van der Waals surface area contributed by atoms with Crippen molar-refractivity contribution in [2.45, 2.75) is 38.5 Å². The van der Waals surface area contributed by atoms with Crippen LogP contribution in [0.3, 0.4) is 0 Å². The van der Waals surface area contributed by atoms with Gasteiger partial charge in [0, 0.05) is 19.6 Å². The van der Waals surface area contributed by atoms with Crippen LogP contribution in [0.5, 0.6) is 0 Å². The van der Waals surface area contributed by atoms with E-state index in [0.29, 0.717) is 0 Å². The zero-order chi connectivity index (χ0) is 13.1. The second kappa shape index (κ2) is 10.1. The van der Waals surface area contributed by atoms with Crippen LogP contribution in [0.25, 0.3) is 0 Å². The molecule has 1 heterocycles. The Bertz CT molecular complexity index is 223. The fourth-order valence-corrected chi connectivity index (χ4v) is 2.15. The van der Waals surface area contributed by atoms with E-state index in [4.69, 9.17) is 5.73 Å². The standard InChI is InChI=1S/C13H28N4O/c14-7-3-1-4-8-15-9-5-2-6-11-17-12-10-16-13(17)18/h15H,1-12,14H2,(H,16,18). The quantitative estimate of drug-likeness (QED) is 0.481. The smallest absolute Gasteiger partial charge is 0.317 e. The zero-order valence-corrected chi connectivity index (χ0v) is 11.4. The van der Waals surface area contributed by atoms with Gasteiger partial charge in [-0.3, -0.25) is 0 Å². The summed E-state index contributed by atoms with van der Waals surface area (Å²) in [5.41, 5.74) is 5.43. The maximum absolute atomic E-state index is 11.3. The van der Waals surface area contributed by atoms with Gasteiger partial charge in [-0.1, -0.05) is 12.8 Å². The summed E-state index contributed by atoms with van der Waals surface area (Å²) in [5.74, 6) is 0. The molecule has 2 amide bonds. The van der Waals surface area contributed by atoms with Crippen LogP contribution >= 0.6 is 0 Å². The average molecular weight is 256 g/mol. The maximum atomic E-state index is 11.3. The summed E-state index contributed by atoms with van der Waals surface area (Å²) in [7, 11) is 0. The summed E-state index contributed by atoms with van der Waals surface area (Å²) >= 11 is 0. The van der Waals surface area contributed by atoms with Crippen molar-refractivity contribution >= 4 is 6.03 Å². The van der Waals surface area contributed by atoms with Crippen molar-refractivity contribution in [1.82, 2.24) is 15.5 Å². The topological polar surface area (TPSA) is 70.4 Å². The second-order valence-corrected chi connectivity index (χ2v) is 4.88. The molecule has 0 aliphatic carbocycles. The maximum Gasteiger partial charge on any atom is 0.317 e. The highest BCUT2D eigenvalue weighted by atomic mass is 16.2. The second-order valence-electron chi connectivity index (χ2n) is 4.88. The van der Waals surface area contributed by atoms with Gasteiger partial charge in [0.15, 0.2) is 0 Å². The molecule has 0 atom stereocenters. The Balaban J connectivity index is 1.77. The SMILES string of the molecule is NCCCCCNCCCCCN1CCNC1=O. The molecule has 1 fully saturated rings. The molecule has 0 spiro atoms. The Kier molecular flexibility index (Phi) is 8.59. The number of carbonyl (C=O) groups excluding carboxylic acids is 1. The highest BCUT2D eigenvalue weighted by Crippen LogP contribution is 2.02. The van der Waals surface area contributed by atoms with E-state index >= 15 is 0 Å². The average Bonchev–Trinajstić information content (AvgIpc) is 2.77. The number of carbonyl (C=O) groups is 1. The van der Waals surface area contributed by atoms with Crippen molar-refractivity contribution in [1.29, 1.82) is 0 Å². The van der Waals surface area contributed by atoms with E-state index in [2.05, 4.69) is 10.6 Å². The molecule has 0 aromatic heterocycles. The van der Waals surface area contributed by atoms with Gasteiger partial charge < -0.3 is 21.3 Å². The number of amides is 2. The molecule has 0 aromatic carbocycles. The van der Waals surface area contributed by atoms with Crippen LogP contribution in [0.2, 0.25) is 0 Å². The molecule has 0 radical (unpaired) electrons. The lowest BCUT2D eigenvalue weighted by molar-refractivity contribution is 0.216. The molecular weight excluding hydrogens is 228 g/mol. The van der Waals surface area contributed by atoms with Crippen LogP contribution in [0.1, 0.15) is 38.5 Å². The van der Waals surface area contributed by atoms with E-state index in [1.54, 1.807) is 0 Å². The Labute approximate surface area is 110 Å². The number of unbranched alkanes of at least 4 members (excludes halogenated alkanes) is 4. The van der Waals surface area contributed by atoms with Gasteiger partial charge in [0.1, 0.15) is 0 Å². The lowest BCUT2D eigenvalue weighted by Crippen LogP contribution is -2.29. The van der Waals surface area contributed by atoms with Crippen molar-refractivity contribution < 1.29 is 4.79 Å². The molecule has 0 saturated carbocycles. The third-order valence-corrected chi connectivity index (χ3v) is 3.28. The number of nitrogens with two attached hydrogens (primary N) is 1. The molecule has 106 valence electrons. The summed E-state index contributed by atoms with van der Waals surface area (Å²) in [6, 6.07) is 0.105. The van der Waals surface area contributed by atoms with Crippen LogP contribution in [-0.2, 0) is 0 Å². The normalized spacial score (nSPS) is 15.2. The Hall–Kier alpha value is -0.810. The van der Waals surface area contributed by atoms with Gasteiger partial charge in [0.2, 0.25) is 0 Å². The first-order chi connectivity index (χ1) is 8.84. The lowest BCUT2D eigenvalue weighted by Gasteiger charge is -2.13. The summed E-state index contributed by atoms with van der Waals surface area (Å²) in [5, 5.41) is 6.27. The lowest BCUT2D eigenvalue weighted by atomic mass is 10.2. The van der Waals surface area contributed by atoms with Gasteiger partial charge in [-0.2, -0.15) is 0 Å². The number of nitrogens with one attached hydrogen (secondary N) is 2. The molecule has 0 aromatic rings. The van der Waals surface area contributed by atoms with Gasteiger partial charge >= 0.3 is 6.03 Å². The van der Waals surface area contributed by atoms with E-state index < -0.39 is 0 Å². The van der Waals surface area contributed by atoms with Crippen LogP contribution in [-0.4, -0.2) is 50.2 Å². The van der Waals surface area contributed by atoms with Crippen molar-refractivity contribution in [3.05, 3.63) is 0 Å². The van der Waals surface area contributed by atoms with E-state index in [1.165, 1.54) is 25.7 Å². The molecule has 1 aliphatic heterocycles. The van der Waals surface area contributed by atoms with E-state index in [-0.39, 0.29) is 6.03 Å². The molecule has 5 heteroatoms. The van der Waals surface area contributed by atoms with Gasteiger partial charge in [-0.15, -0.1) is 0 Å². The van der Waals surface area contributed by atoms with E-state index in [9.17, 15) is 4.79 Å². The molecule has 18 heavy (non-hydrogen) atoms. The van der Waals surface area contributed by atoms with Crippen molar-refractivity contribution in [3.8, 4) is 0 Å². The predicted molar refractivity (Wildman–Crippen MR) is 74.6 cm³/mol. The minimum absolute atomic E-state index is 0.105. The molecule has 4 N–H and O–H groups in total. The third-order valence-electron chi connectivity index (χ3n) is 3.28. The van der Waals surface area contributed by atoms with E-state index in [1.807, 2.05) is 4.90 Å². The van der Waals surface area contributed by atoms with Crippen LogP contribution < -0.4 is 16.4 Å². The first-order valence-electron chi connectivity index (χ1n) is 7.28. The van der Waals surface area contributed by atoms with Crippen molar-refractivity contribution in [2.24, 2.45) is 5.73 Å². The van der Waals surface area contributed by atoms with Crippen LogP contribution in [0, 0.1) is 0 Å². The Morgan fingerprint density at radius 2 is 1.83 bits per heavy atom. The number of nitrogens with zero attached hydrogens (tertiary/aromatic N) is 1. The molecule has 1 saturated heterocycles. The molecule has 0 unspecified atom stereocenters. The molecule has 0 bridgehead atoms.